The highest BCUT2D eigenvalue weighted by Crippen LogP contribution is 2.21. The SMILES string of the molecule is CCc1ccccc1Cc1ccccc1O.O=C(O)O. The van der Waals surface area contributed by atoms with E-state index in [0.717, 1.165) is 18.4 Å². The van der Waals surface area contributed by atoms with E-state index in [9.17, 15) is 5.11 Å². The number of phenolic OH excluding ortho intramolecular Hbond substituents is 1. The van der Waals surface area contributed by atoms with E-state index < -0.39 is 6.16 Å². The lowest BCUT2D eigenvalue weighted by atomic mass is 9.98. The second-order valence-corrected chi connectivity index (χ2v) is 4.21. The summed E-state index contributed by atoms with van der Waals surface area (Å²) in [6.45, 7) is 2.16. The van der Waals surface area contributed by atoms with Crippen molar-refractivity contribution in [3.05, 3.63) is 65.2 Å². The van der Waals surface area contributed by atoms with E-state index >= 15 is 0 Å². The van der Waals surface area contributed by atoms with Crippen molar-refractivity contribution in [1.29, 1.82) is 0 Å². The Bertz CT molecular complexity index is 560. The highest BCUT2D eigenvalue weighted by molar-refractivity contribution is 5.53. The fourth-order valence-corrected chi connectivity index (χ4v) is 1.94. The number of para-hydroxylation sites is 1. The lowest BCUT2D eigenvalue weighted by molar-refractivity contribution is 0.137. The lowest BCUT2D eigenvalue weighted by Crippen LogP contribution is -1.94. The van der Waals surface area contributed by atoms with Gasteiger partial charge in [-0.3, -0.25) is 0 Å². The smallest absolute Gasteiger partial charge is 0.503 e. The van der Waals surface area contributed by atoms with E-state index in [1.54, 1.807) is 6.07 Å². The van der Waals surface area contributed by atoms with Crippen LogP contribution in [-0.2, 0) is 12.8 Å². The molecule has 2 rings (SSSR count). The molecule has 0 aliphatic rings. The molecule has 0 amide bonds. The fraction of sp³-hybridized carbons (Fsp3) is 0.188. The minimum Gasteiger partial charge on any atom is -0.508 e. The van der Waals surface area contributed by atoms with Crippen LogP contribution in [0.25, 0.3) is 0 Å². The van der Waals surface area contributed by atoms with Gasteiger partial charge in [0.25, 0.3) is 0 Å². The van der Waals surface area contributed by atoms with Crippen LogP contribution in [0.2, 0.25) is 0 Å². The summed E-state index contributed by atoms with van der Waals surface area (Å²) < 4.78 is 0. The van der Waals surface area contributed by atoms with Crippen molar-refractivity contribution in [2.45, 2.75) is 19.8 Å². The molecule has 0 spiro atoms. The van der Waals surface area contributed by atoms with Gasteiger partial charge < -0.3 is 15.3 Å². The molecule has 0 atom stereocenters. The van der Waals surface area contributed by atoms with Crippen LogP contribution in [0.5, 0.6) is 5.75 Å². The summed E-state index contributed by atoms with van der Waals surface area (Å²) in [5, 5.41) is 23.7. The summed E-state index contributed by atoms with van der Waals surface area (Å²) in [7, 11) is 0. The van der Waals surface area contributed by atoms with Gasteiger partial charge in [-0.1, -0.05) is 49.4 Å². The Hall–Kier alpha value is -2.49. The summed E-state index contributed by atoms with van der Waals surface area (Å²) in [4.78, 5) is 8.56. The molecule has 0 saturated carbocycles. The third-order valence-electron chi connectivity index (χ3n) is 2.87. The fourth-order valence-electron chi connectivity index (χ4n) is 1.94. The Balaban J connectivity index is 0.000000444. The molecule has 106 valence electrons. The number of carboxylic acid groups (broad SMARTS) is 2. The van der Waals surface area contributed by atoms with Crippen molar-refractivity contribution in [1.82, 2.24) is 0 Å². The van der Waals surface area contributed by atoms with Crippen LogP contribution in [0.15, 0.2) is 48.5 Å². The average molecular weight is 274 g/mol. The summed E-state index contributed by atoms with van der Waals surface area (Å²) >= 11 is 0. The predicted octanol–water partition coefficient (Wildman–Crippen LogP) is 3.77. The molecule has 0 radical (unpaired) electrons. The van der Waals surface area contributed by atoms with Gasteiger partial charge in [0, 0.05) is 6.42 Å². The van der Waals surface area contributed by atoms with Crippen LogP contribution in [0, 0.1) is 0 Å². The van der Waals surface area contributed by atoms with Crippen LogP contribution >= 0.6 is 0 Å². The van der Waals surface area contributed by atoms with Gasteiger partial charge in [0.1, 0.15) is 5.75 Å². The molecular formula is C16H18O4. The number of aryl methyl sites for hydroxylation is 1. The minimum atomic E-state index is -1.83. The first-order valence-corrected chi connectivity index (χ1v) is 6.30. The number of benzene rings is 2. The summed E-state index contributed by atoms with van der Waals surface area (Å²) in [6, 6.07) is 15.9. The zero-order valence-electron chi connectivity index (χ0n) is 11.3. The molecule has 0 fully saturated rings. The van der Waals surface area contributed by atoms with Crippen molar-refractivity contribution in [3.8, 4) is 5.75 Å². The second-order valence-electron chi connectivity index (χ2n) is 4.21. The normalized spacial score (nSPS) is 9.45. The molecule has 0 aliphatic heterocycles. The van der Waals surface area contributed by atoms with E-state index in [1.165, 1.54) is 11.1 Å². The first-order valence-electron chi connectivity index (χ1n) is 6.30. The molecule has 4 nitrogen and oxygen atoms in total. The van der Waals surface area contributed by atoms with E-state index in [-0.39, 0.29) is 0 Å². The average Bonchev–Trinajstić information content (AvgIpc) is 2.41. The number of aromatic hydroxyl groups is 1. The number of phenols is 1. The van der Waals surface area contributed by atoms with E-state index in [2.05, 4.69) is 31.2 Å². The molecule has 0 heterocycles. The number of hydrogen-bond acceptors (Lipinski definition) is 2. The number of rotatable bonds is 3. The van der Waals surface area contributed by atoms with Crippen molar-refractivity contribution in [2.75, 3.05) is 0 Å². The summed E-state index contributed by atoms with van der Waals surface area (Å²) in [6.07, 6.45) is 0.000452. The molecule has 4 heteroatoms. The summed E-state index contributed by atoms with van der Waals surface area (Å²) in [5.74, 6) is 0.383. The molecule has 0 unspecified atom stereocenters. The van der Waals surface area contributed by atoms with E-state index in [4.69, 9.17) is 15.0 Å². The van der Waals surface area contributed by atoms with Gasteiger partial charge in [0.05, 0.1) is 0 Å². The highest BCUT2D eigenvalue weighted by atomic mass is 16.6. The zero-order chi connectivity index (χ0) is 15.0. The molecule has 0 aromatic heterocycles. The molecule has 2 aromatic rings. The largest absolute Gasteiger partial charge is 0.508 e. The molecular weight excluding hydrogens is 256 g/mol. The van der Waals surface area contributed by atoms with Crippen molar-refractivity contribution in [3.63, 3.8) is 0 Å². The van der Waals surface area contributed by atoms with E-state index in [0.29, 0.717) is 5.75 Å². The van der Waals surface area contributed by atoms with Crippen LogP contribution in [0.3, 0.4) is 0 Å². The standard InChI is InChI=1S/C15H16O.CH2O3/c1-2-12-7-3-4-8-13(12)11-14-9-5-6-10-15(14)16;2-1(3)4/h3-10,16H,2,11H2,1H3;(H2,2,3,4). The van der Waals surface area contributed by atoms with Gasteiger partial charge in [-0.05, 0) is 29.2 Å². The molecule has 2 aromatic carbocycles. The van der Waals surface area contributed by atoms with Crippen molar-refractivity contribution < 1.29 is 20.1 Å². The summed E-state index contributed by atoms with van der Waals surface area (Å²) in [5.41, 5.74) is 3.64. The minimum absolute atomic E-state index is 0.383. The van der Waals surface area contributed by atoms with Gasteiger partial charge in [-0.15, -0.1) is 0 Å². The topological polar surface area (TPSA) is 77.8 Å². The Labute approximate surface area is 117 Å². The maximum atomic E-state index is 9.74. The second kappa shape index (κ2) is 7.84. The first kappa shape index (κ1) is 15.6. The van der Waals surface area contributed by atoms with Gasteiger partial charge in [-0.2, -0.15) is 0 Å². The Kier molecular flexibility index (Phi) is 6.10. The monoisotopic (exact) mass is 274 g/mol. The van der Waals surface area contributed by atoms with Crippen LogP contribution < -0.4 is 0 Å². The van der Waals surface area contributed by atoms with Crippen LogP contribution in [0.4, 0.5) is 4.79 Å². The maximum Gasteiger partial charge on any atom is 0.503 e. The van der Waals surface area contributed by atoms with Crippen LogP contribution in [0.1, 0.15) is 23.6 Å². The lowest BCUT2D eigenvalue weighted by Gasteiger charge is -2.08. The number of carbonyl (C=O) groups is 1. The van der Waals surface area contributed by atoms with Crippen molar-refractivity contribution >= 4 is 6.16 Å². The first-order chi connectivity index (χ1) is 9.54. The number of hydrogen-bond donors (Lipinski definition) is 3. The molecule has 20 heavy (non-hydrogen) atoms. The predicted molar refractivity (Wildman–Crippen MR) is 77.4 cm³/mol. The third kappa shape index (κ3) is 5.02. The maximum absolute atomic E-state index is 9.74. The highest BCUT2D eigenvalue weighted by Gasteiger charge is 2.04. The van der Waals surface area contributed by atoms with Gasteiger partial charge in [0.2, 0.25) is 0 Å². The Morgan fingerprint density at radius 1 is 0.900 bits per heavy atom. The molecule has 3 N–H and O–H groups in total. The third-order valence-corrected chi connectivity index (χ3v) is 2.87. The van der Waals surface area contributed by atoms with Gasteiger partial charge in [0.15, 0.2) is 0 Å². The van der Waals surface area contributed by atoms with Gasteiger partial charge in [-0.25, -0.2) is 4.79 Å². The molecule has 0 aliphatic carbocycles. The van der Waals surface area contributed by atoms with Crippen molar-refractivity contribution in [2.24, 2.45) is 0 Å². The quantitative estimate of drug-likeness (QED) is 0.796. The Morgan fingerprint density at radius 3 is 1.85 bits per heavy atom. The Morgan fingerprint density at radius 2 is 1.35 bits per heavy atom. The molecule has 0 bridgehead atoms. The van der Waals surface area contributed by atoms with Crippen LogP contribution in [-0.4, -0.2) is 21.5 Å². The van der Waals surface area contributed by atoms with E-state index in [1.807, 2.05) is 18.2 Å². The zero-order valence-corrected chi connectivity index (χ0v) is 11.3. The molecule has 0 saturated heterocycles. The van der Waals surface area contributed by atoms with Gasteiger partial charge >= 0.3 is 6.16 Å².